The summed E-state index contributed by atoms with van der Waals surface area (Å²) in [6.45, 7) is 4.18. The van der Waals surface area contributed by atoms with Crippen LogP contribution in [0, 0.1) is 0 Å². The van der Waals surface area contributed by atoms with Crippen LogP contribution in [0.1, 0.15) is 30.5 Å². The lowest BCUT2D eigenvalue weighted by Crippen LogP contribution is -2.20. The Morgan fingerprint density at radius 1 is 1.21 bits per heavy atom. The van der Waals surface area contributed by atoms with Crippen molar-refractivity contribution in [2.24, 2.45) is 0 Å². The topological polar surface area (TPSA) is 29.9 Å². The third-order valence-electron chi connectivity index (χ3n) is 3.42. The molecule has 0 saturated heterocycles. The van der Waals surface area contributed by atoms with Crippen molar-refractivity contribution in [1.29, 1.82) is 0 Å². The number of hydrogen-bond acceptors (Lipinski definition) is 2. The molecule has 0 aliphatic rings. The lowest BCUT2D eigenvalue weighted by Gasteiger charge is -2.17. The minimum atomic E-state index is 0.499. The zero-order chi connectivity index (χ0) is 13.5. The van der Waals surface area contributed by atoms with Crippen molar-refractivity contribution >= 4 is 0 Å². The van der Waals surface area contributed by atoms with E-state index in [0.29, 0.717) is 5.92 Å². The van der Waals surface area contributed by atoms with Crippen molar-refractivity contribution in [3.8, 4) is 0 Å². The molecule has 0 spiro atoms. The molecule has 1 heterocycles. The molecule has 1 aromatic heterocycles. The van der Waals surface area contributed by atoms with Crippen molar-refractivity contribution in [1.82, 2.24) is 15.1 Å². The number of rotatable bonds is 7. The number of benzene rings is 1. The molecule has 1 aromatic carbocycles. The molecule has 0 saturated carbocycles. The average molecular weight is 257 g/mol. The van der Waals surface area contributed by atoms with E-state index in [0.717, 1.165) is 25.9 Å². The molecule has 3 heteroatoms. The zero-order valence-electron chi connectivity index (χ0n) is 11.8. The second kappa shape index (κ2) is 7.10. The lowest BCUT2D eigenvalue weighted by atomic mass is 9.94. The van der Waals surface area contributed by atoms with Crippen LogP contribution in [0.15, 0.2) is 42.6 Å². The predicted octanol–water partition coefficient (Wildman–Crippen LogP) is 2.84. The molecule has 2 aromatic rings. The minimum absolute atomic E-state index is 0.499. The highest BCUT2D eigenvalue weighted by Gasteiger charge is 2.13. The van der Waals surface area contributed by atoms with E-state index in [1.807, 2.05) is 13.2 Å². The van der Waals surface area contributed by atoms with Crippen molar-refractivity contribution in [2.45, 2.75) is 32.2 Å². The molecule has 0 bridgehead atoms. The van der Waals surface area contributed by atoms with Gasteiger partial charge in [-0.2, -0.15) is 5.10 Å². The highest BCUT2D eigenvalue weighted by Crippen LogP contribution is 2.20. The molecule has 0 amide bonds. The molecular weight excluding hydrogens is 234 g/mol. The van der Waals surface area contributed by atoms with E-state index in [9.17, 15) is 0 Å². The molecule has 2 rings (SSSR count). The lowest BCUT2D eigenvalue weighted by molar-refractivity contribution is 0.541. The molecule has 1 N–H and O–H groups in total. The van der Waals surface area contributed by atoms with Crippen LogP contribution in [0.5, 0.6) is 0 Å². The van der Waals surface area contributed by atoms with Gasteiger partial charge in [0.05, 0.1) is 0 Å². The third-order valence-corrected chi connectivity index (χ3v) is 3.42. The van der Waals surface area contributed by atoms with Gasteiger partial charge in [-0.3, -0.25) is 4.68 Å². The van der Waals surface area contributed by atoms with Gasteiger partial charge in [-0.15, -0.1) is 0 Å². The maximum Gasteiger partial charge on any atom is 0.0492 e. The highest BCUT2D eigenvalue weighted by atomic mass is 15.3. The molecule has 1 atom stereocenters. The molecule has 0 aliphatic carbocycles. The smallest absolute Gasteiger partial charge is 0.0492 e. The molecule has 3 nitrogen and oxygen atoms in total. The summed E-state index contributed by atoms with van der Waals surface area (Å²) in [5.41, 5.74) is 2.71. The van der Waals surface area contributed by atoms with Gasteiger partial charge in [-0.05, 0) is 31.5 Å². The highest BCUT2D eigenvalue weighted by molar-refractivity contribution is 5.22. The van der Waals surface area contributed by atoms with Gasteiger partial charge in [0.1, 0.15) is 0 Å². The van der Waals surface area contributed by atoms with Crippen LogP contribution in [-0.2, 0) is 13.0 Å². The summed E-state index contributed by atoms with van der Waals surface area (Å²) in [5, 5.41) is 7.71. The third kappa shape index (κ3) is 3.67. The number of nitrogens with one attached hydrogen (secondary N) is 1. The van der Waals surface area contributed by atoms with E-state index in [2.05, 4.69) is 58.4 Å². The number of hydrogen-bond donors (Lipinski definition) is 1. The van der Waals surface area contributed by atoms with Gasteiger partial charge < -0.3 is 5.32 Å². The largest absolute Gasteiger partial charge is 0.319 e. The second-order valence-electron chi connectivity index (χ2n) is 4.92. The Labute approximate surface area is 115 Å². The Hall–Kier alpha value is -1.61. The first-order chi connectivity index (χ1) is 9.35. The Bertz CT molecular complexity index is 476. The van der Waals surface area contributed by atoms with E-state index in [1.165, 1.54) is 11.3 Å². The maximum atomic E-state index is 4.41. The van der Waals surface area contributed by atoms with Gasteiger partial charge in [-0.1, -0.05) is 37.3 Å². The minimum Gasteiger partial charge on any atom is -0.319 e. The van der Waals surface area contributed by atoms with Gasteiger partial charge in [0, 0.05) is 30.9 Å². The quantitative estimate of drug-likeness (QED) is 0.826. The first-order valence-corrected chi connectivity index (χ1v) is 7.05. The van der Waals surface area contributed by atoms with Gasteiger partial charge >= 0.3 is 0 Å². The molecule has 1 unspecified atom stereocenters. The van der Waals surface area contributed by atoms with Gasteiger partial charge in [-0.25, -0.2) is 0 Å². The number of aromatic nitrogens is 2. The fraction of sp³-hybridized carbons (Fsp3) is 0.438. The van der Waals surface area contributed by atoms with Crippen molar-refractivity contribution in [3.63, 3.8) is 0 Å². The van der Waals surface area contributed by atoms with Crippen LogP contribution in [-0.4, -0.2) is 23.4 Å². The van der Waals surface area contributed by atoms with Crippen LogP contribution >= 0.6 is 0 Å². The standard InChI is InChI=1S/C16H23N3/c1-3-11-19-16(9-10-18-19)12-15(13-17-2)14-7-5-4-6-8-14/h4-10,15,17H,3,11-13H2,1-2H3. The van der Waals surface area contributed by atoms with Gasteiger partial charge in [0.25, 0.3) is 0 Å². The molecule has 0 radical (unpaired) electrons. The molecule has 0 aliphatic heterocycles. The molecule has 0 fully saturated rings. The molecule has 102 valence electrons. The summed E-state index contributed by atoms with van der Waals surface area (Å²) in [6.07, 6.45) is 4.06. The summed E-state index contributed by atoms with van der Waals surface area (Å²) >= 11 is 0. The van der Waals surface area contributed by atoms with Crippen LogP contribution < -0.4 is 5.32 Å². The second-order valence-corrected chi connectivity index (χ2v) is 4.92. The van der Waals surface area contributed by atoms with Gasteiger partial charge in [0.2, 0.25) is 0 Å². The van der Waals surface area contributed by atoms with E-state index < -0.39 is 0 Å². The summed E-state index contributed by atoms with van der Waals surface area (Å²) in [7, 11) is 2.01. The zero-order valence-corrected chi connectivity index (χ0v) is 11.8. The first-order valence-electron chi connectivity index (χ1n) is 7.05. The van der Waals surface area contributed by atoms with Crippen LogP contribution in [0.3, 0.4) is 0 Å². The fourth-order valence-corrected chi connectivity index (χ4v) is 2.48. The number of nitrogens with zero attached hydrogens (tertiary/aromatic N) is 2. The van der Waals surface area contributed by atoms with Crippen LogP contribution in [0.4, 0.5) is 0 Å². The Morgan fingerprint density at radius 2 is 2.00 bits per heavy atom. The Morgan fingerprint density at radius 3 is 2.68 bits per heavy atom. The summed E-state index contributed by atoms with van der Waals surface area (Å²) in [5.74, 6) is 0.499. The first kappa shape index (κ1) is 13.8. The van der Waals surface area contributed by atoms with Crippen molar-refractivity contribution in [2.75, 3.05) is 13.6 Å². The van der Waals surface area contributed by atoms with E-state index >= 15 is 0 Å². The van der Waals surface area contributed by atoms with E-state index in [4.69, 9.17) is 0 Å². The number of aryl methyl sites for hydroxylation is 1. The van der Waals surface area contributed by atoms with Crippen LogP contribution in [0.2, 0.25) is 0 Å². The van der Waals surface area contributed by atoms with Crippen molar-refractivity contribution < 1.29 is 0 Å². The SMILES string of the molecule is CCCn1nccc1CC(CNC)c1ccccc1. The average Bonchev–Trinajstić information content (AvgIpc) is 2.87. The predicted molar refractivity (Wildman–Crippen MR) is 79.3 cm³/mol. The maximum absolute atomic E-state index is 4.41. The number of likely N-dealkylation sites (N-methyl/N-ethyl adjacent to an activating group) is 1. The van der Waals surface area contributed by atoms with Crippen molar-refractivity contribution in [3.05, 3.63) is 53.9 Å². The summed E-state index contributed by atoms with van der Waals surface area (Å²) in [6, 6.07) is 12.9. The Balaban J connectivity index is 2.14. The summed E-state index contributed by atoms with van der Waals surface area (Å²) in [4.78, 5) is 0. The summed E-state index contributed by atoms with van der Waals surface area (Å²) < 4.78 is 2.13. The van der Waals surface area contributed by atoms with Gasteiger partial charge in [0.15, 0.2) is 0 Å². The van der Waals surface area contributed by atoms with E-state index in [-0.39, 0.29) is 0 Å². The fourth-order valence-electron chi connectivity index (χ4n) is 2.48. The molecule has 19 heavy (non-hydrogen) atoms. The molecular formula is C16H23N3. The van der Waals surface area contributed by atoms with Crippen LogP contribution in [0.25, 0.3) is 0 Å². The Kier molecular flexibility index (Phi) is 5.16. The van der Waals surface area contributed by atoms with E-state index in [1.54, 1.807) is 0 Å². The monoisotopic (exact) mass is 257 g/mol. The normalized spacial score (nSPS) is 12.5.